The molecular weight excluding hydrogens is 285 g/mol. The second-order valence-corrected chi connectivity index (χ2v) is 5.50. The van der Waals surface area contributed by atoms with Crippen molar-refractivity contribution in [3.8, 4) is 10.6 Å². The van der Waals surface area contributed by atoms with Gasteiger partial charge in [0.15, 0.2) is 17.5 Å². The predicted octanol–water partition coefficient (Wildman–Crippen LogP) is 4.21. The Morgan fingerprint density at radius 2 is 1.95 bits per heavy atom. The fourth-order valence-corrected chi connectivity index (χ4v) is 3.13. The molecule has 0 aliphatic rings. The maximum Gasteiger partial charge on any atom is 0.195 e. The zero-order valence-electron chi connectivity index (χ0n) is 11.4. The summed E-state index contributed by atoms with van der Waals surface area (Å²) in [7, 11) is 0. The highest BCUT2D eigenvalue weighted by atomic mass is 32.1. The van der Waals surface area contributed by atoms with Gasteiger partial charge in [0, 0.05) is 16.5 Å². The van der Waals surface area contributed by atoms with Crippen molar-refractivity contribution < 1.29 is 13.2 Å². The van der Waals surface area contributed by atoms with Crippen LogP contribution >= 0.6 is 11.3 Å². The van der Waals surface area contributed by atoms with Crippen molar-refractivity contribution in [1.29, 1.82) is 0 Å². The van der Waals surface area contributed by atoms with Crippen LogP contribution in [0.15, 0.2) is 12.1 Å². The molecular formula is C14H15F3N2S. The summed E-state index contributed by atoms with van der Waals surface area (Å²) in [6, 6.07) is 2.21. The summed E-state index contributed by atoms with van der Waals surface area (Å²) in [4.78, 5) is 5.23. The van der Waals surface area contributed by atoms with E-state index >= 15 is 0 Å². The zero-order valence-corrected chi connectivity index (χ0v) is 12.2. The molecule has 1 N–H and O–H groups in total. The van der Waals surface area contributed by atoms with E-state index in [0.717, 1.165) is 23.2 Å². The summed E-state index contributed by atoms with van der Waals surface area (Å²) in [5, 5.41) is 3.60. The van der Waals surface area contributed by atoms with Gasteiger partial charge < -0.3 is 5.32 Å². The maximum absolute atomic E-state index is 13.8. The van der Waals surface area contributed by atoms with E-state index in [1.54, 1.807) is 0 Å². The highest BCUT2D eigenvalue weighted by Crippen LogP contribution is 2.34. The minimum Gasteiger partial charge on any atom is -0.310 e. The lowest BCUT2D eigenvalue weighted by Gasteiger charge is -2.09. The van der Waals surface area contributed by atoms with Gasteiger partial charge in [-0.25, -0.2) is 18.2 Å². The number of hydrogen-bond acceptors (Lipinski definition) is 3. The summed E-state index contributed by atoms with van der Waals surface area (Å²) in [6.45, 7) is 6.59. The van der Waals surface area contributed by atoms with Crippen LogP contribution in [-0.4, -0.2) is 11.5 Å². The third-order valence-electron chi connectivity index (χ3n) is 3.00. The second-order valence-electron chi connectivity index (χ2n) is 4.47. The summed E-state index contributed by atoms with van der Waals surface area (Å²) in [5.41, 5.74) is 0.759. The lowest BCUT2D eigenvalue weighted by atomic mass is 10.2. The molecule has 0 saturated carbocycles. The van der Waals surface area contributed by atoms with Crippen LogP contribution in [0.3, 0.4) is 0 Å². The van der Waals surface area contributed by atoms with Gasteiger partial charge >= 0.3 is 0 Å². The molecule has 20 heavy (non-hydrogen) atoms. The topological polar surface area (TPSA) is 24.9 Å². The number of halogens is 3. The molecule has 1 atom stereocenters. The van der Waals surface area contributed by atoms with E-state index < -0.39 is 17.5 Å². The molecule has 1 unspecified atom stereocenters. The number of benzene rings is 1. The smallest absolute Gasteiger partial charge is 0.195 e. The van der Waals surface area contributed by atoms with Gasteiger partial charge in [0.25, 0.3) is 0 Å². The third kappa shape index (κ3) is 2.71. The van der Waals surface area contributed by atoms with Crippen molar-refractivity contribution in [2.24, 2.45) is 0 Å². The summed E-state index contributed by atoms with van der Waals surface area (Å²) in [5.74, 6) is -3.85. The average molecular weight is 300 g/mol. The van der Waals surface area contributed by atoms with Crippen molar-refractivity contribution in [1.82, 2.24) is 10.3 Å². The maximum atomic E-state index is 13.8. The van der Waals surface area contributed by atoms with Gasteiger partial charge in [-0.15, -0.1) is 11.3 Å². The number of rotatable bonds is 4. The van der Waals surface area contributed by atoms with Gasteiger partial charge in [0.1, 0.15) is 5.01 Å². The number of nitrogens with zero attached hydrogens (tertiary/aromatic N) is 1. The fraction of sp³-hybridized carbons (Fsp3) is 0.357. The SMILES string of the molecule is CCNC(C)c1sc(-c2ccc(F)c(F)c2F)nc1C. The van der Waals surface area contributed by atoms with Crippen LogP contribution in [0.5, 0.6) is 0 Å². The molecule has 1 aromatic carbocycles. The lowest BCUT2D eigenvalue weighted by molar-refractivity contribution is 0.449. The number of thiazole rings is 1. The van der Waals surface area contributed by atoms with Crippen LogP contribution in [0.25, 0.3) is 10.6 Å². The molecule has 2 aromatic rings. The highest BCUT2D eigenvalue weighted by Gasteiger charge is 2.20. The number of aromatic nitrogens is 1. The quantitative estimate of drug-likeness (QED) is 0.856. The zero-order chi connectivity index (χ0) is 14.9. The van der Waals surface area contributed by atoms with E-state index in [0.29, 0.717) is 5.01 Å². The van der Waals surface area contributed by atoms with Crippen molar-refractivity contribution in [2.75, 3.05) is 6.54 Å². The first-order valence-corrected chi connectivity index (χ1v) is 7.11. The number of aryl methyl sites for hydroxylation is 1. The van der Waals surface area contributed by atoms with E-state index in [9.17, 15) is 13.2 Å². The monoisotopic (exact) mass is 300 g/mol. The molecule has 6 heteroatoms. The third-order valence-corrected chi connectivity index (χ3v) is 4.38. The Balaban J connectivity index is 2.45. The summed E-state index contributed by atoms with van der Waals surface area (Å²) >= 11 is 1.29. The normalized spacial score (nSPS) is 12.7. The second kappa shape index (κ2) is 5.93. The Hall–Kier alpha value is -1.40. The largest absolute Gasteiger partial charge is 0.310 e. The Bertz CT molecular complexity index is 625. The van der Waals surface area contributed by atoms with Gasteiger partial charge in [-0.05, 0) is 32.5 Å². The molecule has 0 amide bonds. The summed E-state index contributed by atoms with van der Waals surface area (Å²) < 4.78 is 40.0. The van der Waals surface area contributed by atoms with Gasteiger partial charge in [0.05, 0.1) is 5.69 Å². The average Bonchev–Trinajstić information content (AvgIpc) is 2.78. The molecule has 2 rings (SSSR count). The Labute approximate surface area is 119 Å². The Morgan fingerprint density at radius 3 is 2.60 bits per heavy atom. The molecule has 0 bridgehead atoms. The van der Waals surface area contributed by atoms with E-state index in [1.165, 1.54) is 17.4 Å². The minimum atomic E-state index is -1.46. The van der Waals surface area contributed by atoms with Crippen LogP contribution < -0.4 is 5.32 Å². The van der Waals surface area contributed by atoms with E-state index in [-0.39, 0.29) is 11.6 Å². The summed E-state index contributed by atoms with van der Waals surface area (Å²) in [6.07, 6.45) is 0. The Morgan fingerprint density at radius 1 is 1.25 bits per heavy atom. The van der Waals surface area contributed by atoms with Crippen LogP contribution in [0.4, 0.5) is 13.2 Å². The van der Waals surface area contributed by atoms with Crippen LogP contribution in [-0.2, 0) is 0 Å². The van der Waals surface area contributed by atoms with Gasteiger partial charge in [0.2, 0.25) is 0 Å². The van der Waals surface area contributed by atoms with Crippen molar-refractivity contribution >= 4 is 11.3 Å². The molecule has 0 spiro atoms. The first-order chi connectivity index (χ1) is 9.45. The molecule has 0 aliphatic carbocycles. The molecule has 0 saturated heterocycles. The molecule has 2 nitrogen and oxygen atoms in total. The van der Waals surface area contributed by atoms with Crippen LogP contribution in [0.1, 0.15) is 30.5 Å². The van der Waals surface area contributed by atoms with E-state index in [4.69, 9.17) is 0 Å². The molecule has 0 radical (unpaired) electrons. The lowest BCUT2D eigenvalue weighted by Crippen LogP contribution is -2.17. The van der Waals surface area contributed by atoms with E-state index in [1.807, 2.05) is 20.8 Å². The molecule has 108 valence electrons. The van der Waals surface area contributed by atoms with Gasteiger partial charge in [-0.3, -0.25) is 0 Å². The molecule has 0 aliphatic heterocycles. The number of hydrogen-bond donors (Lipinski definition) is 1. The van der Waals surface area contributed by atoms with Crippen LogP contribution in [0, 0.1) is 24.4 Å². The first kappa shape index (κ1) is 15.0. The predicted molar refractivity (Wildman–Crippen MR) is 74.3 cm³/mol. The van der Waals surface area contributed by atoms with Gasteiger partial charge in [-0.2, -0.15) is 0 Å². The standard InChI is InChI=1S/C14H15F3N2S/c1-4-18-7(2)13-8(3)19-14(20-13)9-5-6-10(15)12(17)11(9)16/h5-7,18H,4H2,1-3H3. The molecule has 1 heterocycles. The van der Waals surface area contributed by atoms with Crippen molar-refractivity contribution in [3.05, 3.63) is 40.2 Å². The number of nitrogens with one attached hydrogen (secondary N) is 1. The molecule has 0 fully saturated rings. The van der Waals surface area contributed by atoms with E-state index in [2.05, 4.69) is 10.3 Å². The van der Waals surface area contributed by atoms with Crippen molar-refractivity contribution in [3.63, 3.8) is 0 Å². The fourth-order valence-electron chi connectivity index (χ4n) is 2.02. The molecule has 1 aromatic heterocycles. The highest BCUT2D eigenvalue weighted by molar-refractivity contribution is 7.15. The van der Waals surface area contributed by atoms with Crippen molar-refractivity contribution in [2.45, 2.75) is 26.8 Å². The minimum absolute atomic E-state index is 0.00746. The van der Waals surface area contributed by atoms with Crippen LogP contribution in [0.2, 0.25) is 0 Å². The first-order valence-electron chi connectivity index (χ1n) is 6.30. The Kier molecular flexibility index (Phi) is 4.45. The van der Waals surface area contributed by atoms with Gasteiger partial charge in [-0.1, -0.05) is 6.92 Å².